The number of aromatic hydroxyl groups is 1. The highest BCUT2D eigenvalue weighted by molar-refractivity contribution is 6.13. The number of likely N-dealkylation sites (tertiary alicyclic amines) is 1. The molecule has 3 aromatic rings. The first-order valence-electron chi connectivity index (χ1n) is 15.8. The Bertz CT molecular complexity index is 1750. The average Bonchev–Trinajstić information content (AvgIpc) is 3.41. The standard InChI is InChI=1S/C37H37N3O5/c1-4-18-39-33(42)27-16-15-26-28(31(27)35(39)44)20-29-34(43)40(38-25-13-10-21(2)11-14-25)36(45)37(29,24-8-6-5-7-9-24)32(26)23-12-17-30(41)22(3)19-23/h5-15,17,19,27-29,31-32,38,41H,4,16,18,20H2,1-3H3/t27-,28+,29-,31-,32-,37+/m0/s1. The van der Waals surface area contributed by atoms with Gasteiger partial charge >= 0.3 is 0 Å². The molecule has 2 aliphatic heterocycles. The van der Waals surface area contributed by atoms with Crippen LogP contribution in [-0.4, -0.2) is 45.2 Å². The molecule has 2 N–H and O–H groups in total. The summed E-state index contributed by atoms with van der Waals surface area (Å²) >= 11 is 0. The van der Waals surface area contributed by atoms with Crippen LogP contribution in [0.1, 0.15) is 54.4 Å². The largest absolute Gasteiger partial charge is 0.508 e. The molecule has 8 heteroatoms. The molecule has 6 atom stereocenters. The molecular weight excluding hydrogens is 566 g/mol. The predicted molar refractivity (Wildman–Crippen MR) is 169 cm³/mol. The topological polar surface area (TPSA) is 107 Å². The number of carbonyl (C=O) groups excluding carboxylic acids is 4. The molecule has 7 rings (SSSR count). The molecule has 3 fully saturated rings. The van der Waals surface area contributed by atoms with Crippen molar-refractivity contribution in [1.82, 2.24) is 9.91 Å². The smallest absolute Gasteiger partial charge is 0.260 e. The molecular formula is C37H37N3O5. The molecule has 0 unspecified atom stereocenters. The van der Waals surface area contributed by atoms with E-state index >= 15 is 4.79 Å². The van der Waals surface area contributed by atoms with Crippen LogP contribution >= 0.6 is 0 Å². The number of benzene rings is 3. The molecule has 4 amide bonds. The van der Waals surface area contributed by atoms with Crippen LogP contribution in [0.5, 0.6) is 5.75 Å². The number of aryl methyl sites for hydroxylation is 2. The summed E-state index contributed by atoms with van der Waals surface area (Å²) in [5.74, 6) is -3.74. The lowest BCUT2D eigenvalue weighted by molar-refractivity contribution is -0.141. The van der Waals surface area contributed by atoms with Gasteiger partial charge in [-0.2, -0.15) is 5.01 Å². The van der Waals surface area contributed by atoms with Gasteiger partial charge in [0, 0.05) is 12.5 Å². The Morgan fingerprint density at radius 2 is 1.62 bits per heavy atom. The third-order valence-electron chi connectivity index (χ3n) is 10.5. The van der Waals surface area contributed by atoms with Gasteiger partial charge < -0.3 is 5.11 Å². The second-order valence-corrected chi connectivity index (χ2v) is 13.0. The van der Waals surface area contributed by atoms with E-state index in [9.17, 15) is 19.5 Å². The molecule has 8 nitrogen and oxygen atoms in total. The summed E-state index contributed by atoms with van der Waals surface area (Å²) in [6.45, 7) is 6.10. The van der Waals surface area contributed by atoms with Crippen LogP contribution in [0.15, 0.2) is 84.4 Å². The number of nitrogens with one attached hydrogen (secondary N) is 1. The fraction of sp³-hybridized carbons (Fsp3) is 0.351. The number of hydrogen-bond acceptors (Lipinski definition) is 6. The molecule has 2 heterocycles. The minimum atomic E-state index is -1.32. The third kappa shape index (κ3) is 4.18. The number of anilines is 1. The molecule has 3 aromatic carbocycles. The Morgan fingerprint density at radius 3 is 2.31 bits per heavy atom. The van der Waals surface area contributed by atoms with E-state index in [0.29, 0.717) is 30.6 Å². The van der Waals surface area contributed by atoms with Crippen LogP contribution in [0.4, 0.5) is 5.69 Å². The summed E-state index contributed by atoms with van der Waals surface area (Å²) in [4.78, 5) is 58.5. The molecule has 2 aliphatic carbocycles. The summed E-state index contributed by atoms with van der Waals surface area (Å²) in [5, 5.41) is 11.7. The molecule has 0 radical (unpaired) electrons. The highest BCUT2D eigenvalue weighted by Crippen LogP contribution is 2.64. The van der Waals surface area contributed by atoms with Gasteiger partial charge in [-0.05, 0) is 73.9 Å². The van der Waals surface area contributed by atoms with Crippen LogP contribution < -0.4 is 5.43 Å². The number of phenolic OH excluding ortho intramolecular Hbond substituents is 1. The first kappa shape index (κ1) is 29.0. The number of imide groups is 2. The number of amides is 4. The van der Waals surface area contributed by atoms with Crippen molar-refractivity contribution in [3.63, 3.8) is 0 Å². The Kier molecular flexibility index (Phi) is 6.91. The molecule has 45 heavy (non-hydrogen) atoms. The lowest BCUT2D eigenvalue weighted by Gasteiger charge is -2.50. The molecule has 0 bridgehead atoms. The van der Waals surface area contributed by atoms with Gasteiger partial charge in [0.1, 0.15) is 5.75 Å². The normalized spacial score (nSPS) is 29.0. The van der Waals surface area contributed by atoms with E-state index in [2.05, 4.69) is 11.5 Å². The Morgan fingerprint density at radius 1 is 0.889 bits per heavy atom. The maximum absolute atomic E-state index is 15.1. The monoisotopic (exact) mass is 603 g/mol. The minimum Gasteiger partial charge on any atom is -0.508 e. The van der Waals surface area contributed by atoms with E-state index in [4.69, 9.17) is 0 Å². The Hall–Kier alpha value is -4.72. The van der Waals surface area contributed by atoms with Crippen molar-refractivity contribution in [1.29, 1.82) is 0 Å². The highest BCUT2D eigenvalue weighted by atomic mass is 16.3. The number of fused-ring (bicyclic) bond motifs is 4. The van der Waals surface area contributed by atoms with E-state index in [-0.39, 0.29) is 41.7 Å². The molecule has 1 saturated carbocycles. The minimum absolute atomic E-state index is 0.136. The fourth-order valence-corrected chi connectivity index (χ4v) is 8.49. The van der Waals surface area contributed by atoms with Gasteiger partial charge in [-0.15, -0.1) is 0 Å². The number of phenols is 1. The van der Waals surface area contributed by atoms with Crippen molar-refractivity contribution in [2.24, 2.45) is 23.7 Å². The lowest BCUT2D eigenvalue weighted by atomic mass is 9.49. The van der Waals surface area contributed by atoms with Crippen molar-refractivity contribution in [2.75, 3.05) is 12.0 Å². The molecule has 4 aliphatic rings. The number of carbonyl (C=O) groups is 4. The molecule has 0 spiro atoms. The van der Waals surface area contributed by atoms with Gasteiger partial charge in [-0.25, -0.2) is 0 Å². The van der Waals surface area contributed by atoms with Gasteiger partial charge in [0.05, 0.1) is 28.9 Å². The van der Waals surface area contributed by atoms with E-state index < -0.39 is 29.1 Å². The van der Waals surface area contributed by atoms with Crippen LogP contribution in [0.2, 0.25) is 0 Å². The zero-order valence-corrected chi connectivity index (χ0v) is 25.7. The van der Waals surface area contributed by atoms with E-state index in [0.717, 1.165) is 22.3 Å². The second kappa shape index (κ2) is 10.7. The van der Waals surface area contributed by atoms with E-state index in [1.807, 2.05) is 87.5 Å². The van der Waals surface area contributed by atoms with Gasteiger partial charge in [0.15, 0.2) is 0 Å². The molecule has 0 aromatic heterocycles. The van der Waals surface area contributed by atoms with Crippen molar-refractivity contribution in [3.8, 4) is 5.75 Å². The van der Waals surface area contributed by atoms with Crippen LogP contribution in [-0.2, 0) is 24.6 Å². The van der Waals surface area contributed by atoms with Crippen LogP contribution in [0.3, 0.4) is 0 Å². The van der Waals surface area contributed by atoms with Crippen LogP contribution in [0, 0.1) is 37.5 Å². The highest BCUT2D eigenvalue weighted by Gasteiger charge is 2.70. The van der Waals surface area contributed by atoms with Crippen molar-refractivity contribution in [2.45, 2.75) is 51.4 Å². The molecule has 230 valence electrons. The lowest BCUT2D eigenvalue weighted by Crippen LogP contribution is -2.53. The van der Waals surface area contributed by atoms with Gasteiger partial charge in [0.25, 0.3) is 11.8 Å². The number of hydrazine groups is 1. The van der Waals surface area contributed by atoms with E-state index in [1.54, 1.807) is 6.07 Å². The summed E-state index contributed by atoms with van der Waals surface area (Å²) in [6, 6.07) is 22.3. The Balaban J connectivity index is 1.45. The summed E-state index contributed by atoms with van der Waals surface area (Å²) in [6.07, 6.45) is 3.40. The zero-order chi connectivity index (χ0) is 31.6. The van der Waals surface area contributed by atoms with Gasteiger partial charge in [-0.1, -0.05) is 78.7 Å². The number of rotatable bonds is 6. The quantitative estimate of drug-likeness (QED) is 0.289. The summed E-state index contributed by atoms with van der Waals surface area (Å²) < 4.78 is 0. The second-order valence-electron chi connectivity index (χ2n) is 13.0. The summed E-state index contributed by atoms with van der Waals surface area (Å²) in [5.41, 5.74) is 6.55. The number of allylic oxidation sites excluding steroid dienone is 2. The van der Waals surface area contributed by atoms with Gasteiger partial charge in [-0.3, -0.25) is 29.5 Å². The zero-order valence-electron chi connectivity index (χ0n) is 25.7. The third-order valence-corrected chi connectivity index (χ3v) is 10.5. The average molecular weight is 604 g/mol. The first-order valence-corrected chi connectivity index (χ1v) is 15.8. The van der Waals surface area contributed by atoms with Crippen molar-refractivity contribution in [3.05, 3.63) is 107 Å². The van der Waals surface area contributed by atoms with Crippen molar-refractivity contribution >= 4 is 29.3 Å². The fourth-order valence-electron chi connectivity index (χ4n) is 8.49. The SMILES string of the molecule is CCCN1C(=O)[C@H]2[C@H](CC=C3[C@H]2C[C@H]2C(=O)N(Nc4ccc(C)cc4)C(=O)[C@@]2(c2ccccc2)[C@H]3c2ccc(O)c(C)c2)C1=O. The number of nitrogens with zero attached hydrogens (tertiary/aromatic N) is 2. The van der Waals surface area contributed by atoms with Crippen molar-refractivity contribution < 1.29 is 24.3 Å². The Labute approximate surface area is 262 Å². The molecule has 2 saturated heterocycles. The first-order chi connectivity index (χ1) is 21.7. The predicted octanol–water partition coefficient (Wildman–Crippen LogP) is 5.40. The summed E-state index contributed by atoms with van der Waals surface area (Å²) in [7, 11) is 0. The van der Waals surface area contributed by atoms with E-state index in [1.165, 1.54) is 9.91 Å². The maximum atomic E-state index is 15.1. The van der Waals surface area contributed by atoms with Gasteiger partial charge in [0.2, 0.25) is 11.8 Å². The maximum Gasteiger partial charge on any atom is 0.260 e. The number of hydrogen-bond donors (Lipinski definition) is 2. The van der Waals surface area contributed by atoms with Crippen LogP contribution in [0.25, 0.3) is 0 Å².